The van der Waals surface area contributed by atoms with Crippen LogP contribution < -0.4 is 5.32 Å². The standard InChI is InChI=1S/C15H13ClN4O2/c16-11-4-2-10(3-5-11)13(21)9-18-15(22)12-8-19-20-7-1-6-17-14(12)20/h1-8,13,21H,9H2,(H,18,22)/t13-/m0/s1. The number of aromatic nitrogens is 3. The molecule has 0 fully saturated rings. The van der Waals surface area contributed by atoms with Gasteiger partial charge in [-0.2, -0.15) is 5.10 Å². The summed E-state index contributed by atoms with van der Waals surface area (Å²) in [6.45, 7) is 0.0879. The fourth-order valence-corrected chi connectivity index (χ4v) is 2.20. The van der Waals surface area contributed by atoms with Crippen LogP contribution in [0.25, 0.3) is 5.65 Å². The van der Waals surface area contributed by atoms with Gasteiger partial charge in [-0.05, 0) is 23.8 Å². The number of fused-ring (bicyclic) bond motifs is 1. The third-order valence-corrected chi connectivity index (χ3v) is 3.49. The van der Waals surface area contributed by atoms with Crippen molar-refractivity contribution in [1.29, 1.82) is 0 Å². The Morgan fingerprint density at radius 3 is 2.91 bits per heavy atom. The highest BCUT2D eigenvalue weighted by Crippen LogP contribution is 2.16. The van der Waals surface area contributed by atoms with E-state index in [-0.39, 0.29) is 12.5 Å². The molecule has 0 aliphatic rings. The van der Waals surface area contributed by atoms with Crippen molar-refractivity contribution in [3.05, 3.63) is 65.1 Å². The number of nitrogens with one attached hydrogen (secondary N) is 1. The molecule has 6 nitrogen and oxygen atoms in total. The van der Waals surface area contributed by atoms with Gasteiger partial charge in [-0.25, -0.2) is 9.50 Å². The van der Waals surface area contributed by atoms with Gasteiger partial charge in [-0.3, -0.25) is 4.79 Å². The molecular weight excluding hydrogens is 304 g/mol. The van der Waals surface area contributed by atoms with E-state index < -0.39 is 6.10 Å². The Balaban J connectivity index is 1.68. The van der Waals surface area contributed by atoms with Gasteiger partial charge in [0, 0.05) is 24.0 Å². The fraction of sp³-hybridized carbons (Fsp3) is 0.133. The molecule has 2 N–H and O–H groups in total. The smallest absolute Gasteiger partial charge is 0.256 e. The molecule has 0 unspecified atom stereocenters. The average Bonchev–Trinajstić information content (AvgIpc) is 2.97. The SMILES string of the molecule is O=C(NC[C@H](O)c1ccc(Cl)cc1)c1cnn2cccnc12. The van der Waals surface area contributed by atoms with Crippen molar-refractivity contribution in [1.82, 2.24) is 19.9 Å². The second-order valence-electron chi connectivity index (χ2n) is 4.72. The van der Waals surface area contributed by atoms with Gasteiger partial charge in [0.25, 0.3) is 5.91 Å². The molecular formula is C15H13ClN4O2. The number of nitrogens with zero attached hydrogens (tertiary/aromatic N) is 3. The summed E-state index contributed by atoms with van der Waals surface area (Å²) in [6, 6.07) is 8.55. The van der Waals surface area contributed by atoms with Crippen molar-refractivity contribution in [2.45, 2.75) is 6.10 Å². The van der Waals surface area contributed by atoms with Crippen LogP contribution in [0.15, 0.2) is 48.9 Å². The molecule has 112 valence electrons. The normalized spacial score (nSPS) is 12.3. The Labute approximate surface area is 131 Å². The molecule has 1 aromatic carbocycles. The van der Waals surface area contributed by atoms with Gasteiger partial charge in [-0.1, -0.05) is 23.7 Å². The Bertz CT molecular complexity index is 801. The quantitative estimate of drug-likeness (QED) is 0.770. The van der Waals surface area contributed by atoms with Crippen LogP contribution in [-0.2, 0) is 0 Å². The molecule has 1 amide bonds. The van der Waals surface area contributed by atoms with Gasteiger partial charge in [0.05, 0.1) is 12.3 Å². The van der Waals surface area contributed by atoms with Gasteiger partial charge in [0.15, 0.2) is 5.65 Å². The minimum atomic E-state index is -0.809. The lowest BCUT2D eigenvalue weighted by atomic mass is 10.1. The Morgan fingerprint density at radius 1 is 1.36 bits per heavy atom. The van der Waals surface area contributed by atoms with Crippen LogP contribution in [0.5, 0.6) is 0 Å². The lowest BCUT2D eigenvalue weighted by Crippen LogP contribution is -2.28. The van der Waals surface area contributed by atoms with Crippen molar-refractivity contribution in [2.24, 2.45) is 0 Å². The zero-order valence-corrected chi connectivity index (χ0v) is 12.2. The van der Waals surface area contributed by atoms with E-state index in [0.29, 0.717) is 21.8 Å². The van der Waals surface area contributed by atoms with E-state index in [1.54, 1.807) is 42.7 Å². The molecule has 0 aliphatic heterocycles. The molecule has 2 heterocycles. The summed E-state index contributed by atoms with van der Waals surface area (Å²) < 4.78 is 1.52. The summed E-state index contributed by atoms with van der Waals surface area (Å²) in [7, 11) is 0. The number of hydrogen-bond donors (Lipinski definition) is 2. The van der Waals surface area contributed by atoms with Crippen LogP contribution >= 0.6 is 11.6 Å². The second kappa shape index (κ2) is 6.13. The number of aliphatic hydroxyl groups excluding tert-OH is 1. The van der Waals surface area contributed by atoms with Crippen molar-refractivity contribution in [2.75, 3.05) is 6.54 Å². The average molecular weight is 317 g/mol. The van der Waals surface area contributed by atoms with E-state index in [2.05, 4.69) is 15.4 Å². The van der Waals surface area contributed by atoms with E-state index in [9.17, 15) is 9.90 Å². The van der Waals surface area contributed by atoms with E-state index in [4.69, 9.17) is 11.6 Å². The first kappa shape index (κ1) is 14.5. The summed E-state index contributed by atoms with van der Waals surface area (Å²) in [5.41, 5.74) is 1.52. The number of amides is 1. The topological polar surface area (TPSA) is 79.5 Å². The molecule has 0 radical (unpaired) electrons. The number of carbonyl (C=O) groups is 1. The first-order chi connectivity index (χ1) is 10.6. The maximum atomic E-state index is 12.2. The summed E-state index contributed by atoms with van der Waals surface area (Å²) in [4.78, 5) is 16.3. The fourth-order valence-electron chi connectivity index (χ4n) is 2.07. The number of hydrogen-bond acceptors (Lipinski definition) is 4. The number of aliphatic hydroxyl groups is 1. The molecule has 3 aromatic rings. The second-order valence-corrected chi connectivity index (χ2v) is 5.16. The van der Waals surface area contributed by atoms with Crippen LogP contribution in [0.4, 0.5) is 0 Å². The molecule has 0 saturated heterocycles. The molecule has 0 bridgehead atoms. The van der Waals surface area contributed by atoms with Crippen molar-refractivity contribution in [3.8, 4) is 0 Å². The minimum absolute atomic E-state index is 0.0879. The van der Waals surface area contributed by atoms with Crippen molar-refractivity contribution < 1.29 is 9.90 Å². The summed E-state index contributed by atoms with van der Waals surface area (Å²) in [5.74, 6) is -0.332. The molecule has 1 atom stereocenters. The summed E-state index contributed by atoms with van der Waals surface area (Å²) >= 11 is 5.80. The first-order valence-corrected chi connectivity index (χ1v) is 7.03. The highest BCUT2D eigenvalue weighted by molar-refractivity contribution is 6.30. The lowest BCUT2D eigenvalue weighted by Gasteiger charge is -2.12. The molecule has 3 rings (SSSR count). The van der Waals surface area contributed by atoms with Gasteiger partial charge in [-0.15, -0.1) is 0 Å². The monoisotopic (exact) mass is 316 g/mol. The van der Waals surface area contributed by atoms with Crippen LogP contribution in [0.3, 0.4) is 0 Å². The molecule has 0 spiro atoms. The van der Waals surface area contributed by atoms with E-state index in [1.807, 2.05) is 0 Å². The zero-order valence-electron chi connectivity index (χ0n) is 11.5. The van der Waals surface area contributed by atoms with E-state index >= 15 is 0 Å². The Kier molecular flexibility index (Phi) is 4.04. The first-order valence-electron chi connectivity index (χ1n) is 6.65. The highest BCUT2D eigenvalue weighted by atomic mass is 35.5. The third-order valence-electron chi connectivity index (χ3n) is 3.23. The summed E-state index contributed by atoms with van der Waals surface area (Å²) in [6.07, 6.45) is 3.95. The third kappa shape index (κ3) is 2.93. The maximum Gasteiger partial charge on any atom is 0.256 e. The van der Waals surface area contributed by atoms with Gasteiger partial charge < -0.3 is 10.4 Å². The molecule has 22 heavy (non-hydrogen) atoms. The van der Waals surface area contributed by atoms with Gasteiger partial charge >= 0.3 is 0 Å². The van der Waals surface area contributed by atoms with Crippen molar-refractivity contribution in [3.63, 3.8) is 0 Å². The number of halogens is 1. The summed E-state index contributed by atoms with van der Waals surface area (Å²) in [5, 5.41) is 17.4. The Morgan fingerprint density at radius 2 is 2.14 bits per heavy atom. The van der Waals surface area contributed by atoms with Crippen LogP contribution in [-0.4, -0.2) is 32.2 Å². The van der Waals surface area contributed by atoms with Gasteiger partial charge in [0.1, 0.15) is 5.56 Å². The zero-order chi connectivity index (χ0) is 15.5. The predicted molar refractivity (Wildman–Crippen MR) is 81.7 cm³/mol. The largest absolute Gasteiger partial charge is 0.387 e. The van der Waals surface area contributed by atoms with Gasteiger partial charge in [0.2, 0.25) is 0 Å². The highest BCUT2D eigenvalue weighted by Gasteiger charge is 2.15. The number of rotatable bonds is 4. The van der Waals surface area contributed by atoms with Crippen molar-refractivity contribution >= 4 is 23.2 Å². The lowest BCUT2D eigenvalue weighted by molar-refractivity contribution is 0.0917. The molecule has 7 heteroatoms. The minimum Gasteiger partial charge on any atom is -0.387 e. The van der Waals surface area contributed by atoms with Crippen LogP contribution in [0, 0.1) is 0 Å². The Hall–Kier alpha value is -2.44. The van der Waals surface area contributed by atoms with Crippen LogP contribution in [0.1, 0.15) is 22.0 Å². The number of benzene rings is 1. The maximum absolute atomic E-state index is 12.2. The molecule has 0 saturated carbocycles. The number of carbonyl (C=O) groups excluding carboxylic acids is 1. The predicted octanol–water partition coefficient (Wildman–Crippen LogP) is 1.85. The van der Waals surface area contributed by atoms with E-state index in [1.165, 1.54) is 10.7 Å². The van der Waals surface area contributed by atoms with E-state index in [0.717, 1.165) is 0 Å². The molecule has 2 aromatic heterocycles. The van der Waals surface area contributed by atoms with Crippen LogP contribution in [0.2, 0.25) is 5.02 Å². The molecule has 0 aliphatic carbocycles.